The van der Waals surface area contributed by atoms with Crippen LogP contribution in [0.3, 0.4) is 0 Å². The minimum atomic E-state index is -0.141. The molecule has 10 aromatic rings. The fraction of sp³-hybridized carbons (Fsp3) is 0.0714. The van der Waals surface area contributed by atoms with Crippen LogP contribution >= 0.6 is 0 Å². The van der Waals surface area contributed by atoms with E-state index >= 15 is 0 Å². The lowest BCUT2D eigenvalue weighted by Gasteiger charge is -2.29. The number of benzene rings is 9. The van der Waals surface area contributed by atoms with Crippen LogP contribution in [0.25, 0.3) is 66.1 Å². The molecule has 274 valence electrons. The van der Waals surface area contributed by atoms with Crippen molar-refractivity contribution in [3.05, 3.63) is 222 Å². The summed E-state index contributed by atoms with van der Waals surface area (Å²) >= 11 is 0. The third-order valence-electron chi connectivity index (χ3n) is 12.9. The van der Waals surface area contributed by atoms with Gasteiger partial charge in [0.05, 0.1) is 11.1 Å². The summed E-state index contributed by atoms with van der Waals surface area (Å²) < 4.78 is 6.52. The van der Waals surface area contributed by atoms with Crippen molar-refractivity contribution >= 4 is 49.8 Å². The Morgan fingerprint density at radius 1 is 0.466 bits per heavy atom. The number of rotatable bonds is 5. The molecular formula is C56H39NO. The molecule has 2 aliphatic rings. The van der Waals surface area contributed by atoms with Crippen molar-refractivity contribution in [2.75, 3.05) is 4.90 Å². The van der Waals surface area contributed by atoms with Crippen molar-refractivity contribution in [3.63, 3.8) is 0 Å². The van der Waals surface area contributed by atoms with Crippen LogP contribution in [0.2, 0.25) is 0 Å². The van der Waals surface area contributed by atoms with Gasteiger partial charge in [-0.15, -0.1) is 0 Å². The number of anilines is 3. The quantitative estimate of drug-likeness (QED) is 0.175. The second-order valence-corrected chi connectivity index (χ2v) is 16.4. The monoisotopic (exact) mass is 741 g/mol. The molecule has 0 radical (unpaired) electrons. The Labute approximate surface area is 338 Å². The molecule has 0 saturated heterocycles. The highest BCUT2D eigenvalue weighted by Gasteiger charge is 2.37. The van der Waals surface area contributed by atoms with Crippen molar-refractivity contribution in [3.8, 4) is 33.4 Å². The summed E-state index contributed by atoms with van der Waals surface area (Å²) in [4.78, 5) is 2.47. The van der Waals surface area contributed by atoms with Gasteiger partial charge in [0.2, 0.25) is 0 Å². The van der Waals surface area contributed by atoms with Crippen molar-refractivity contribution < 1.29 is 4.42 Å². The molecule has 0 amide bonds. The van der Waals surface area contributed by atoms with Crippen LogP contribution in [0.15, 0.2) is 199 Å². The molecule has 1 unspecified atom stereocenters. The van der Waals surface area contributed by atoms with Gasteiger partial charge in [0.25, 0.3) is 0 Å². The second-order valence-electron chi connectivity index (χ2n) is 16.4. The molecule has 0 spiro atoms. The third kappa shape index (κ3) is 4.72. The largest absolute Gasteiger partial charge is 0.456 e. The van der Waals surface area contributed by atoms with Gasteiger partial charge in [-0.3, -0.25) is 0 Å². The molecule has 2 nitrogen and oxygen atoms in total. The first-order valence-electron chi connectivity index (χ1n) is 20.3. The van der Waals surface area contributed by atoms with E-state index in [1.807, 2.05) is 0 Å². The Kier molecular flexibility index (Phi) is 7.07. The van der Waals surface area contributed by atoms with Crippen molar-refractivity contribution in [1.29, 1.82) is 0 Å². The maximum Gasteiger partial charge on any atom is 0.137 e. The maximum atomic E-state index is 6.52. The average molecular weight is 742 g/mol. The SMILES string of the molecule is CC1(C)c2ccccc2-c2ccc(N(c3ccc4c(c3)C(c3ccccc3)c3c-4ccc4cccc(-c5ccccc5)c34)c3cccc4oc5ccccc5c34)cc21. The topological polar surface area (TPSA) is 16.4 Å². The van der Waals surface area contributed by atoms with Gasteiger partial charge >= 0.3 is 0 Å². The van der Waals surface area contributed by atoms with Gasteiger partial charge in [0.1, 0.15) is 11.2 Å². The van der Waals surface area contributed by atoms with Gasteiger partial charge in [0, 0.05) is 28.1 Å². The highest BCUT2D eigenvalue weighted by Crippen LogP contribution is 2.55. The fourth-order valence-corrected chi connectivity index (χ4v) is 10.3. The molecule has 0 N–H and O–H groups in total. The summed E-state index contributed by atoms with van der Waals surface area (Å²) in [6, 6.07) is 71.4. The molecule has 2 aliphatic carbocycles. The predicted octanol–water partition coefficient (Wildman–Crippen LogP) is 15.3. The summed E-state index contributed by atoms with van der Waals surface area (Å²) in [5, 5.41) is 4.81. The van der Waals surface area contributed by atoms with Crippen molar-refractivity contribution in [1.82, 2.24) is 0 Å². The van der Waals surface area contributed by atoms with Crippen molar-refractivity contribution in [2.24, 2.45) is 0 Å². The smallest absolute Gasteiger partial charge is 0.137 e. The van der Waals surface area contributed by atoms with E-state index in [-0.39, 0.29) is 11.3 Å². The van der Waals surface area contributed by atoms with Crippen LogP contribution in [-0.4, -0.2) is 0 Å². The highest BCUT2D eigenvalue weighted by atomic mass is 16.3. The summed E-state index contributed by atoms with van der Waals surface area (Å²) in [6.45, 7) is 4.72. The molecule has 1 atom stereocenters. The van der Waals surface area contributed by atoms with Gasteiger partial charge in [-0.1, -0.05) is 166 Å². The summed E-state index contributed by atoms with van der Waals surface area (Å²) in [6.07, 6.45) is 0. The van der Waals surface area contributed by atoms with Crippen molar-refractivity contribution in [2.45, 2.75) is 25.2 Å². The van der Waals surface area contributed by atoms with Gasteiger partial charge < -0.3 is 9.32 Å². The first-order valence-corrected chi connectivity index (χ1v) is 20.3. The zero-order valence-electron chi connectivity index (χ0n) is 32.4. The lowest BCUT2D eigenvalue weighted by atomic mass is 9.82. The Bertz CT molecular complexity index is 3260. The van der Waals surface area contributed by atoms with Gasteiger partial charge in [-0.05, 0) is 114 Å². The first-order chi connectivity index (χ1) is 28.5. The Hall–Kier alpha value is -7.16. The van der Waals surface area contributed by atoms with Gasteiger partial charge in [0.15, 0.2) is 0 Å². The Morgan fingerprint density at radius 3 is 1.98 bits per heavy atom. The predicted molar refractivity (Wildman–Crippen MR) is 242 cm³/mol. The van der Waals surface area contributed by atoms with Crippen LogP contribution in [0.1, 0.15) is 47.6 Å². The molecule has 12 rings (SSSR count). The third-order valence-corrected chi connectivity index (χ3v) is 12.9. The molecule has 0 aliphatic heterocycles. The Balaban J connectivity index is 1.12. The zero-order chi connectivity index (χ0) is 38.5. The fourth-order valence-electron chi connectivity index (χ4n) is 10.3. The second kappa shape index (κ2) is 12.4. The maximum absolute atomic E-state index is 6.52. The molecule has 58 heavy (non-hydrogen) atoms. The molecule has 9 aromatic carbocycles. The van der Waals surface area contributed by atoms with Crippen LogP contribution in [0.4, 0.5) is 17.1 Å². The summed E-state index contributed by atoms with van der Waals surface area (Å²) in [5.41, 5.74) is 19.4. The summed E-state index contributed by atoms with van der Waals surface area (Å²) in [7, 11) is 0. The number of hydrogen-bond acceptors (Lipinski definition) is 2. The molecule has 1 heterocycles. The average Bonchev–Trinajstić information content (AvgIpc) is 3.90. The number of furan rings is 1. The van der Waals surface area contributed by atoms with Gasteiger partial charge in [-0.25, -0.2) is 0 Å². The number of para-hydroxylation sites is 1. The van der Waals surface area contributed by atoms with E-state index in [1.54, 1.807) is 0 Å². The standard InChI is InChI=1S/C56H39NO/c1-56(2)47-23-11-9-20-42(47)43-32-29-39(34-48(43)56)57(49-24-14-26-51-54(49)45-21-10-12-25-50(45)58-51)38-28-31-41-44-30-27-37-19-13-22-40(35-15-5-3-6-16-35)52(37)55(44)53(46(41)33-38)36-17-7-4-8-18-36/h3-34,53H,1-2H3. The molecule has 0 bridgehead atoms. The minimum Gasteiger partial charge on any atom is -0.456 e. The Morgan fingerprint density at radius 2 is 1.12 bits per heavy atom. The van der Waals surface area contributed by atoms with Crippen LogP contribution < -0.4 is 4.90 Å². The van der Waals surface area contributed by atoms with Crippen LogP contribution in [0, 0.1) is 0 Å². The van der Waals surface area contributed by atoms with E-state index in [4.69, 9.17) is 4.42 Å². The number of fused-ring (bicyclic) bond motifs is 11. The first kappa shape index (κ1) is 33.0. The molecular weight excluding hydrogens is 703 g/mol. The van der Waals surface area contributed by atoms with E-state index in [2.05, 4.69) is 213 Å². The van der Waals surface area contributed by atoms with E-state index in [0.717, 1.165) is 39.0 Å². The molecule has 0 saturated carbocycles. The molecule has 0 fully saturated rings. The summed E-state index contributed by atoms with van der Waals surface area (Å²) in [5.74, 6) is 0.0422. The van der Waals surface area contributed by atoms with Crippen LogP contribution in [0.5, 0.6) is 0 Å². The number of nitrogens with zero attached hydrogens (tertiary/aromatic N) is 1. The normalized spacial score (nSPS) is 14.7. The van der Waals surface area contributed by atoms with E-state index in [9.17, 15) is 0 Å². The van der Waals surface area contributed by atoms with Crippen LogP contribution in [-0.2, 0) is 5.41 Å². The van der Waals surface area contributed by atoms with E-state index in [1.165, 1.54) is 72.0 Å². The molecule has 1 aromatic heterocycles. The van der Waals surface area contributed by atoms with E-state index in [0.29, 0.717) is 0 Å². The minimum absolute atomic E-state index is 0.0422. The lowest BCUT2D eigenvalue weighted by molar-refractivity contribution is 0.660. The highest BCUT2D eigenvalue weighted by molar-refractivity contribution is 6.13. The zero-order valence-corrected chi connectivity index (χ0v) is 32.4. The van der Waals surface area contributed by atoms with Gasteiger partial charge in [-0.2, -0.15) is 0 Å². The molecule has 2 heteroatoms. The van der Waals surface area contributed by atoms with E-state index < -0.39 is 0 Å². The number of hydrogen-bond donors (Lipinski definition) is 0. The lowest BCUT2D eigenvalue weighted by Crippen LogP contribution is -2.16.